The van der Waals surface area contributed by atoms with Crippen LogP contribution in [0.15, 0.2) is 53.4 Å². The molecule has 1 atom stereocenters. The van der Waals surface area contributed by atoms with Crippen LogP contribution in [-0.2, 0) is 24.3 Å². The van der Waals surface area contributed by atoms with E-state index in [1.165, 1.54) is 12.1 Å². The van der Waals surface area contributed by atoms with Gasteiger partial charge in [0, 0.05) is 11.4 Å². The van der Waals surface area contributed by atoms with E-state index < -0.39 is 34.2 Å². The highest BCUT2D eigenvalue weighted by molar-refractivity contribution is 7.89. The van der Waals surface area contributed by atoms with E-state index in [1.807, 2.05) is 6.92 Å². The number of sulfonamides is 1. The highest BCUT2D eigenvalue weighted by Crippen LogP contribution is 2.27. The molecule has 2 aromatic rings. The SMILES string of the molecule is CCOC(=O)CC(=O)CC(NS(=O)(=O)c1ccc(C)cc1)c1ccccc1Cl. The molecule has 0 aromatic heterocycles. The highest BCUT2D eigenvalue weighted by Gasteiger charge is 2.26. The van der Waals surface area contributed by atoms with E-state index in [0.717, 1.165) is 5.56 Å². The van der Waals surface area contributed by atoms with Gasteiger partial charge in [-0.05, 0) is 37.6 Å². The molecular formula is C20H22ClNO5S. The molecule has 0 amide bonds. The second-order valence-corrected chi connectivity index (χ2v) is 8.35. The Kier molecular flexibility index (Phi) is 7.74. The molecule has 150 valence electrons. The van der Waals surface area contributed by atoms with Crippen LogP contribution in [-0.4, -0.2) is 26.8 Å². The molecule has 8 heteroatoms. The number of hydrogen-bond donors (Lipinski definition) is 1. The number of carbonyl (C=O) groups is 2. The molecule has 0 spiro atoms. The predicted octanol–water partition coefficient (Wildman–Crippen LogP) is 3.58. The van der Waals surface area contributed by atoms with Gasteiger partial charge in [-0.1, -0.05) is 47.5 Å². The van der Waals surface area contributed by atoms with Crippen molar-refractivity contribution in [1.29, 1.82) is 0 Å². The molecule has 0 aliphatic rings. The number of hydrogen-bond acceptors (Lipinski definition) is 5. The van der Waals surface area contributed by atoms with Gasteiger partial charge in [-0.2, -0.15) is 0 Å². The minimum absolute atomic E-state index is 0.0768. The molecule has 1 N–H and O–H groups in total. The molecule has 0 radical (unpaired) electrons. The first kappa shape index (κ1) is 22.1. The summed E-state index contributed by atoms with van der Waals surface area (Å²) in [4.78, 5) is 24.0. The lowest BCUT2D eigenvalue weighted by Crippen LogP contribution is -2.31. The highest BCUT2D eigenvalue weighted by atomic mass is 35.5. The van der Waals surface area contributed by atoms with Crippen molar-refractivity contribution in [2.75, 3.05) is 6.61 Å². The maximum absolute atomic E-state index is 12.8. The van der Waals surface area contributed by atoms with Crippen molar-refractivity contribution in [3.8, 4) is 0 Å². The molecule has 0 saturated carbocycles. The largest absolute Gasteiger partial charge is 0.466 e. The number of ketones is 1. The lowest BCUT2D eigenvalue weighted by atomic mass is 10.0. The first-order chi connectivity index (χ1) is 13.2. The Morgan fingerprint density at radius 3 is 2.36 bits per heavy atom. The Morgan fingerprint density at radius 2 is 1.75 bits per heavy atom. The van der Waals surface area contributed by atoms with E-state index in [4.69, 9.17) is 16.3 Å². The molecular weight excluding hydrogens is 402 g/mol. The third kappa shape index (κ3) is 6.15. The van der Waals surface area contributed by atoms with Gasteiger partial charge in [0.15, 0.2) is 0 Å². The summed E-state index contributed by atoms with van der Waals surface area (Å²) >= 11 is 6.22. The molecule has 0 fully saturated rings. The molecule has 0 heterocycles. The summed E-state index contributed by atoms with van der Waals surface area (Å²) in [6.07, 6.45) is -0.658. The zero-order valence-electron chi connectivity index (χ0n) is 15.6. The van der Waals surface area contributed by atoms with Crippen molar-refractivity contribution in [3.63, 3.8) is 0 Å². The van der Waals surface area contributed by atoms with Crippen LogP contribution in [0.25, 0.3) is 0 Å². The minimum Gasteiger partial charge on any atom is -0.466 e. The second-order valence-electron chi connectivity index (χ2n) is 6.23. The summed E-state index contributed by atoms with van der Waals surface area (Å²) in [5.74, 6) is -1.10. The van der Waals surface area contributed by atoms with Gasteiger partial charge in [0.25, 0.3) is 0 Å². The summed E-state index contributed by atoms with van der Waals surface area (Å²) in [5, 5.41) is 0.322. The molecule has 6 nitrogen and oxygen atoms in total. The maximum atomic E-state index is 12.8. The van der Waals surface area contributed by atoms with E-state index in [9.17, 15) is 18.0 Å². The normalized spacial score (nSPS) is 12.4. The maximum Gasteiger partial charge on any atom is 0.313 e. The number of benzene rings is 2. The van der Waals surface area contributed by atoms with Gasteiger partial charge < -0.3 is 4.74 Å². The van der Waals surface area contributed by atoms with E-state index in [2.05, 4.69) is 4.72 Å². The number of esters is 1. The molecule has 2 aromatic carbocycles. The smallest absolute Gasteiger partial charge is 0.313 e. The number of nitrogens with one attached hydrogen (secondary N) is 1. The van der Waals surface area contributed by atoms with Gasteiger partial charge in [-0.3, -0.25) is 9.59 Å². The van der Waals surface area contributed by atoms with Crippen LogP contribution in [0.3, 0.4) is 0 Å². The van der Waals surface area contributed by atoms with Crippen LogP contribution in [0, 0.1) is 6.92 Å². The lowest BCUT2D eigenvalue weighted by Gasteiger charge is -2.20. The quantitative estimate of drug-likeness (QED) is 0.491. The van der Waals surface area contributed by atoms with Crippen LogP contribution < -0.4 is 4.72 Å². The zero-order valence-corrected chi connectivity index (χ0v) is 17.2. The van der Waals surface area contributed by atoms with Crippen molar-refractivity contribution < 1.29 is 22.7 Å². The Morgan fingerprint density at radius 1 is 1.11 bits per heavy atom. The Hall–Kier alpha value is -2.22. The van der Waals surface area contributed by atoms with Crippen molar-refractivity contribution >= 4 is 33.4 Å². The number of ether oxygens (including phenoxy) is 1. The monoisotopic (exact) mass is 423 g/mol. The van der Waals surface area contributed by atoms with Crippen molar-refractivity contribution in [1.82, 2.24) is 4.72 Å². The predicted molar refractivity (Wildman–Crippen MR) is 107 cm³/mol. The molecule has 2 rings (SSSR count). The van der Waals surface area contributed by atoms with Crippen LogP contribution in [0.2, 0.25) is 5.02 Å². The molecule has 0 saturated heterocycles. The fraction of sp³-hybridized carbons (Fsp3) is 0.300. The Labute approximate surface area is 169 Å². The summed E-state index contributed by atoms with van der Waals surface area (Å²) in [6, 6.07) is 12.1. The third-order valence-electron chi connectivity index (χ3n) is 3.99. The first-order valence-corrected chi connectivity index (χ1v) is 10.6. The average Bonchev–Trinajstić information content (AvgIpc) is 2.62. The molecule has 28 heavy (non-hydrogen) atoms. The number of halogens is 1. The van der Waals surface area contributed by atoms with Gasteiger partial charge in [-0.25, -0.2) is 13.1 Å². The van der Waals surface area contributed by atoms with Crippen LogP contribution in [0.1, 0.15) is 36.9 Å². The minimum atomic E-state index is -3.90. The number of carbonyl (C=O) groups excluding carboxylic acids is 2. The summed E-state index contributed by atoms with van der Waals surface area (Å²) in [5.41, 5.74) is 1.38. The first-order valence-electron chi connectivity index (χ1n) is 8.73. The fourth-order valence-corrected chi connectivity index (χ4v) is 4.10. The second kappa shape index (κ2) is 9.82. The zero-order chi connectivity index (χ0) is 20.7. The van der Waals surface area contributed by atoms with E-state index in [0.29, 0.717) is 10.6 Å². The summed E-state index contributed by atoms with van der Waals surface area (Å²) < 4.78 is 32.9. The van der Waals surface area contributed by atoms with E-state index in [-0.39, 0.29) is 17.9 Å². The van der Waals surface area contributed by atoms with E-state index >= 15 is 0 Å². The molecule has 0 aliphatic carbocycles. The summed E-state index contributed by atoms with van der Waals surface area (Å²) in [6.45, 7) is 3.66. The van der Waals surface area contributed by atoms with Gasteiger partial charge in [0.1, 0.15) is 12.2 Å². The number of aryl methyl sites for hydroxylation is 1. The standard InChI is InChI=1S/C20H22ClNO5S/c1-3-27-20(24)13-15(23)12-19(17-6-4-5-7-18(17)21)22-28(25,26)16-10-8-14(2)9-11-16/h4-11,19,22H,3,12-13H2,1-2H3. The van der Waals surface area contributed by atoms with E-state index in [1.54, 1.807) is 43.3 Å². The summed E-state index contributed by atoms with van der Waals surface area (Å²) in [7, 11) is -3.90. The molecule has 0 bridgehead atoms. The van der Waals surface area contributed by atoms with Gasteiger partial charge in [0.05, 0.1) is 17.5 Å². The van der Waals surface area contributed by atoms with Crippen molar-refractivity contribution in [2.45, 2.75) is 37.6 Å². The Bertz CT molecular complexity index is 941. The molecule has 1 unspecified atom stereocenters. The fourth-order valence-electron chi connectivity index (χ4n) is 2.62. The van der Waals surface area contributed by atoms with Gasteiger partial charge >= 0.3 is 5.97 Å². The van der Waals surface area contributed by atoms with Crippen LogP contribution >= 0.6 is 11.6 Å². The topological polar surface area (TPSA) is 89.5 Å². The third-order valence-corrected chi connectivity index (χ3v) is 5.82. The lowest BCUT2D eigenvalue weighted by molar-refractivity contribution is -0.145. The number of Topliss-reactive ketones (excluding diaryl/α,β-unsaturated/α-hetero) is 1. The van der Waals surface area contributed by atoms with Crippen molar-refractivity contribution in [3.05, 3.63) is 64.7 Å². The average molecular weight is 424 g/mol. The van der Waals surface area contributed by atoms with Crippen LogP contribution in [0.4, 0.5) is 0 Å². The van der Waals surface area contributed by atoms with Gasteiger partial charge in [-0.15, -0.1) is 0 Å². The molecule has 0 aliphatic heterocycles. The van der Waals surface area contributed by atoms with Gasteiger partial charge in [0.2, 0.25) is 10.0 Å². The van der Waals surface area contributed by atoms with Crippen LogP contribution in [0.5, 0.6) is 0 Å². The Balaban J connectivity index is 2.28. The van der Waals surface area contributed by atoms with Crippen molar-refractivity contribution in [2.24, 2.45) is 0 Å². The number of rotatable bonds is 9.